The molecule has 1 aliphatic carbocycles. The summed E-state index contributed by atoms with van der Waals surface area (Å²) in [5.41, 5.74) is 0.932. The molecule has 1 amide bonds. The first-order chi connectivity index (χ1) is 11.6. The number of carbonyl (C=O) groups excluding carboxylic acids is 1. The molecule has 0 aliphatic heterocycles. The van der Waals surface area contributed by atoms with E-state index in [1.165, 1.54) is 4.90 Å². The zero-order valence-corrected chi connectivity index (χ0v) is 13.5. The van der Waals surface area contributed by atoms with Crippen molar-refractivity contribution in [1.29, 1.82) is 0 Å². The SMILES string of the molecule is CC(C(=O)O)N(C(=O)CCc1ncc(-c2ccccc2)o1)C1CC1. The van der Waals surface area contributed by atoms with Gasteiger partial charge in [0, 0.05) is 24.4 Å². The van der Waals surface area contributed by atoms with E-state index in [0.717, 1.165) is 18.4 Å². The van der Waals surface area contributed by atoms with Crippen molar-refractivity contribution in [2.24, 2.45) is 0 Å². The van der Waals surface area contributed by atoms with Crippen LogP contribution in [0.5, 0.6) is 0 Å². The van der Waals surface area contributed by atoms with Crippen LogP contribution in [0, 0.1) is 0 Å². The van der Waals surface area contributed by atoms with E-state index in [1.807, 2.05) is 30.3 Å². The zero-order chi connectivity index (χ0) is 17.1. The lowest BCUT2D eigenvalue weighted by molar-refractivity contribution is -0.150. The number of oxazole rings is 1. The van der Waals surface area contributed by atoms with Crippen molar-refractivity contribution < 1.29 is 19.1 Å². The number of benzene rings is 1. The smallest absolute Gasteiger partial charge is 0.326 e. The van der Waals surface area contributed by atoms with Gasteiger partial charge in [0.15, 0.2) is 11.7 Å². The van der Waals surface area contributed by atoms with Crippen molar-refractivity contribution in [2.75, 3.05) is 0 Å². The fourth-order valence-corrected chi connectivity index (χ4v) is 2.71. The van der Waals surface area contributed by atoms with Gasteiger partial charge in [-0.1, -0.05) is 30.3 Å². The third-order valence-corrected chi connectivity index (χ3v) is 4.17. The molecule has 0 radical (unpaired) electrons. The topological polar surface area (TPSA) is 83.6 Å². The number of carboxylic acid groups (broad SMARTS) is 1. The molecule has 1 aromatic carbocycles. The summed E-state index contributed by atoms with van der Waals surface area (Å²) in [5.74, 6) is 0.0153. The Kier molecular flexibility index (Phi) is 4.64. The van der Waals surface area contributed by atoms with Gasteiger partial charge < -0.3 is 14.4 Å². The predicted molar refractivity (Wildman–Crippen MR) is 87.2 cm³/mol. The summed E-state index contributed by atoms with van der Waals surface area (Å²) in [7, 11) is 0. The first kappa shape index (κ1) is 16.2. The molecule has 3 rings (SSSR count). The van der Waals surface area contributed by atoms with Gasteiger partial charge in [0.25, 0.3) is 0 Å². The lowest BCUT2D eigenvalue weighted by Gasteiger charge is -2.26. The average molecular weight is 328 g/mol. The summed E-state index contributed by atoms with van der Waals surface area (Å²) in [6, 6.07) is 8.89. The highest BCUT2D eigenvalue weighted by molar-refractivity contribution is 5.84. The highest BCUT2D eigenvalue weighted by atomic mass is 16.4. The summed E-state index contributed by atoms with van der Waals surface area (Å²) in [4.78, 5) is 29.3. The predicted octanol–water partition coefficient (Wildman–Crippen LogP) is 2.74. The van der Waals surface area contributed by atoms with Crippen molar-refractivity contribution in [3.05, 3.63) is 42.4 Å². The Bertz CT molecular complexity index is 722. The van der Waals surface area contributed by atoms with E-state index in [2.05, 4.69) is 4.98 Å². The molecule has 0 bridgehead atoms. The minimum absolute atomic E-state index is 0.0630. The quantitative estimate of drug-likeness (QED) is 0.845. The average Bonchev–Trinajstić information content (AvgIpc) is 3.30. The molecule has 2 aromatic rings. The van der Waals surface area contributed by atoms with Gasteiger partial charge in [-0.2, -0.15) is 0 Å². The zero-order valence-electron chi connectivity index (χ0n) is 13.5. The Hall–Kier alpha value is -2.63. The van der Waals surface area contributed by atoms with E-state index >= 15 is 0 Å². The molecule has 1 N–H and O–H groups in total. The normalized spacial score (nSPS) is 15.0. The van der Waals surface area contributed by atoms with E-state index in [0.29, 0.717) is 18.1 Å². The van der Waals surface area contributed by atoms with E-state index in [4.69, 9.17) is 9.52 Å². The maximum atomic E-state index is 12.4. The monoisotopic (exact) mass is 328 g/mol. The van der Waals surface area contributed by atoms with Crippen molar-refractivity contribution in [2.45, 2.75) is 44.7 Å². The standard InChI is InChI=1S/C18H20N2O4/c1-12(18(22)23)20(14-7-8-14)17(21)10-9-16-19-11-15(24-16)13-5-3-2-4-6-13/h2-6,11-12,14H,7-10H2,1H3,(H,22,23). The summed E-state index contributed by atoms with van der Waals surface area (Å²) in [6.45, 7) is 1.55. The van der Waals surface area contributed by atoms with Gasteiger partial charge in [-0.15, -0.1) is 0 Å². The Labute approximate surface area is 140 Å². The number of hydrogen-bond donors (Lipinski definition) is 1. The van der Waals surface area contributed by atoms with Crippen LogP contribution in [-0.2, 0) is 16.0 Å². The number of hydrogen-bond acceptors (Lipinski definition) is 4. The van der Waals surface area contributed by atoms with E-state index in [1.54, 1.807) is 13.1 Å². The number of rotatable bonds is 7. The van der Waals surface area contributed by atoms with Crippen LogP contribution in [0.25, 0.3) is 11.3 Å². The summed E-state index contributed by atoms with van der Waals surface area (Å²) < 4.78 is 5.69. The van der Waals surface area contributed by atoms with Gasteiger partial charge in [-0.05, 0) is 19.8 Å². The fraction of sp³-hybridized carbons (Fsp3) is 0.389. The van der Waals surface area contributed by atoms with Gasteiger partial charge in [0.05, 0.1) is 6.20 Å². The van der Waals surface area contributed by atoms with Crippen LogP contribution in [0.3, 0.4) is 0 Å². The minimum Gasteiger partial charge on any atom is -0.480 e. The van der Waals surface area contributed by atoms with Crippen LogP contribution in [0.2, 0.25) is 0 Å². The molecule has 0 spiro atoms. The number of amides is 1. The molecule has 1 heterocycles. The van der Waals surface area contributed by atoms with Gasteiger partial charge in [-0.3, -0.25) is 4.79 Å². The maximum absolute atomic E-state index is 12.4. The van der Waals surface area contributed by atoms with E-state index in [9.17, 15) is 9.59 Å². The number of carbonyl (C=O) groups is 2. The Balaban J connectivity index is 1.62. The number of aliphatic carboxylic acids is 1. The molecule has 6 nitrogen and oxygen atoms in total. The minimum atomic E-state index is -0.974. The van der Waals surface area contributed by atoms with Crippen molar-refractivity contribution in [1.82, 2.24) is 9.88 Å². The molecule has 1 aliphatic rings. The van der Waals surface area contributed by atoms with Gasteiger partial charge in [-0.25, -0.2) is 9.78 Å². The van der Waals surface area contributed by atoms with Crippen LogP contribution >= 0.6 is 0 Å². The van der Waals surface area contributed by atoms with E-state index < -0.39 is 12.0 Å². The number of aromatic nitrogens is 1. The largest absolute Gasteiger partial charge is 0.480 e. The summed E-state index contributed by atoms with van der Waals surface area (Å²) in [6.07, 6.45) is 3.96. The second-order valence-electron chi connectivity index (χ2n) is 6.03. The third kappa shape index (κ3) is 3.64. The maximum Gasteiger partial charge on any atom is 0.326 e. The molecular formula is C18H20N2O4. The first-order valence-corrected chi connectivity index (χ1v) is 8.10. The molecule has 1 unspecified atom stereocenters. The van der Waals surface area contributed by atoms with Crippen LogP contribution in [0.1, 0.15) is 32.1 Å². The second kappa shape index (κ2) is 6.86. The van der Waals surface area contributed by atoms with Crippen LogP contribution < -0.4 is 0 Å². The van der Waals surface area contributed by atoms with Crippen molar-refractivity contribution in [3.63, 3.8) is 0 Å². The molecule has 1 aromatic heterocycles. The molecule has 24 heavy (non-hydrogen) atoms. The number of aryl methyl sites for hydroxylation is 1. The van der Waals surface area contributed by atoms with Crippen molar-refractivity contribution >= 4 is 11.9 Å². The molecule has 6 heteroatoms. The second-order valence-corrected chi connectivity index (χ2v) is 6.03. The van der Waals surface area contributed by atoms with Crippen LogP contribution in [0.4, 0.5) is 0 Å². The first-order valence-electron chi connectivity index (χ1n) is 8.10. The number of carboxylic acids is 1. The fourth-order valence-electron chi connectivity index (χ4n) is 2.71. The molecule has 1 saturated carbocycles. The number of nitrogens with zero attached hydrogens (tertiary/aromatic N) is 2. The lowest BCUT2D eigenvalue weighted by atomic mass is 10.2. The lowest BCUT2D eigenvalue weighted by Crippen LogP contribution is -2.44. The molecular weight excluding hydrogens is 308 g/mol. The Morgan fingerprint density at radius 3 is 2.67 bits per heavy atom. The van der Waals surface area contributed by atoms with Crippen molar-refractivity contribution in [3.8, 4) is 11.3 Å². The van der Waals surface area contributed by atoms with E-state index in [-0.39, 0.29) is 18.4 Å². The molecule has 126 valence electrons. The Morgan fingerprint density at radius 2 is 2.04 bits per heavy atom. The summed E-state index contributed by atoms with van der Waals surface area (Å²) in [5, 5.41) is 9.17. The third-order valence-electron chi connectivity index (χ3n) is 4.17. The Morgan fingerprint density at radius 1 is 1.33 bits per heavy atom. The van der Waals surface area contributed by atoms with Crippen LogP contribution in [-0.4, -0.2) is 39.0 Å². The molecule has 1 atom stereocenters. The van der Waals surface area contributed by atoms with Gasteiger partial charge in [0.2, 0.25) is 5.91 Å². The molecule has 0 saturated heterocycles. The summed E-state index contributed by atoms with van der Waals surface area (Å²) >= 11 is 0. The molecule has 1 fully saturated rings. The van der Waals surface area contributed by atoms with Crippen LogP contribution in [0.15, 0.2) is 40.9 Å². The van der Waals surface area contributed by atoms with Gasteiger partial charge >= 0.3 is 5.97 Å². The highest BCUT2D eigenvalue weighted by Gasteiger charge is 2.38. The van der Waals surface area contributed by atoms with Gasteiger partial charge in [0.1, 0.15) is 6.04 Å². The highest BCUT2D eigenvalue weighted by Crippen LogP contribution is 2.29.